The second kappa shape index (κ2) is 33.6. The van der Waals surface area contributed by atoms with E-state index >= 15 is 0 Å². The third-order valence-corrected chi connectivity index (χ3v) is 0. The third kappa shape index (κ3) is 43.0. The summed E-state index contributed by atoms with van der Waals surface area (Å²) in [6, 6.07) is 0. The van der Waals surface area contributed by atoms with Crippen LogP contribution in [0.1, 0.15) is 0 Å². The van der Waals surface area contributed by atoms with Crippen molar-refractivity contribution in [2.45, 2.75) is 0 Å². The molecule has 38 valence electrons. The Morgan fingerprint density at radius 2 is 0.857 bits per heavy atom. The van der Waals surface area contributed by atoms with Crippen LogP contribution in [0.5, 0.6) is 0 Å². The molecule has 7 heavy (non-hydrogen) atoms. The van der Waals surface area contributed by atoms with Crippen LogP contribution < -0.4 is 106 Å². The summed E-state index contributed by atoms with van der Waals surface area (Å²) < 4.78 is 17.2. The van der Waals surface area contributed by atoms with Gasteiger partial charge in [0.05, 0.1) is 0 Å². The van der Waals surface area contributed by atoms with E-state index in [0.29, 0.717) is 0 Å². The van der Waals surface area contributed by atoms with E-state index in [1.54, 1.807) is 0 Å². The summed E-state index contributed by atoms with van der Waals surface area (Å²) in [5, 5.41) is 0. The fourth-order valence-corrected chi connectivity index (χ4v) is 0. The maximum absolute atomic E-state index is 8.58. The zero-order valence-corrected chi connectivity index (χ0v) is 16.2. The molecule has 0 radical (unpaired) electrons. The Hall–Kier alpha value is 3.57. The fourth-order valence-electron chi connectivity index (χ4n) is 0. The van der Waals surface area contributed by atoms with Gasteiger partial charge in [0.2, 0.25) is 0 Å². The molecule has 0 saturated heterocycles. The number of hydrogen-bond donors (Lipinski definition) is 0. The Balaban J connectivity index is -0.00000000333. The van der Waals surface area contributed by atoms with E-state index in [1.807, 2.05) is 0 Å². The van der Waals surface area contributed by atoms with Crippen LogP contribution in [0.3, 0.4) is 0 Å². The van der Waals surface area contributed by atoms with E-state index in [4.69, 9.17) is 4.47 Å². The van der Waals surface area contributed by atoms with Gasteiger partial charge in [-0.1, -0.05) is 0 Å². The van der Waals surface area contributed by atoms with E-state index < -0.39 is 27.8 Å². The predicted molar refractivity (Wildman–Crippen MR) is 1.37 cm³/mol. The van der Waals surface area contributed by atoms with Crippen molar-refractivity contribution in [3.8, 4) is 0 Å². The van der Waals surface area contributed by atoms with Gasteiger partial charge in [-0.25, -0.2) is 0 Å². The molecular formula is Cl3CsO2U. The molecule has 0 heterocycles. The molecule has 0 saturated carbocycles. The van der Waals surface area contributed by atoms with E-state index in [0.717, 1.165) is 0 Å². The third-order valence-electron chi connectivity index (χ3n) is 0. The van der Waals surface area contributed by atoms with E-state index in [1.165, 1.54) is 0 Å². The van der Waals surface area contributed by atoms with Crippen LogP contribution in [0.2, 0.25) is 0 Å². The summed E-state index contributed by atoms with van der Waals surface area (Å²) in [5.74, 6) is 0. The zero-order chi connectivity index (χ0) is 2.71. The molecule has 2 nitrogen and oxygen atoms in total. The first-order valence-electron chi connectivity index (χ1n) is 0.408. The molecule has 7 heteroatoms. The van der Waals surface area contributed by atoms with Crippen molar-refractivity contribution >= 4 is 0 Å². The van der Waals surface area contributed by atoms with Gasteiger partial charge in [-0.3, -0.25) is 0 Å². The predicted octanol–water partition coefficient (Wildman–Crippen LogP) is -12.2. The van der Waals surface area contributed by atoms with Gasteiger partial charge in [0.15, 0.2) is 0 Å². The molecule has 0 spiro atoms. The Morgan fingerprint density at radius 1 is 0.857 bits per heavy atom. The van der Waals surface area contributed by atoms with Crippen molar-refractivity contribution in [1.29, 1.82) is 0 Å². The van der Waals surface area contributed by atoms with E-state index in [2.05, 4.69) is 0 Å². The molecule has 0 rings (SSSR count). The summed E-state index contributed by atoms with van der Waals surface area (Å²) in [7, 11) is 0. The SMILES string of the molecule is [Cl-].[Cl-].[Cl-].[Cs+].[O]=[U+2]=[O]. The fraction of sp³-hybridized carbons (Fsp3) is 0. The van der Waals surface area contributed by atoms with Crippen LogP contribution >= 0.6 is 0 Å². The second-order valence-corrected chi connectivity index (χ2v) is 0.777. The molecule has 0 aromatic rings. The van der Waals surface area contributed by atoms with Gasteiger partial charge in [0, 0.05) is 0 Å². The standard InChI is InChI=1S/3ClH.Cs.2O.U/h3*1H;;;;/q;;;+1;;;+2/p-3. The van der Waals surface area contributed by atoms with Gasteiger partial charge in [-0.2, -0.15) is 0 Å². The van der Waals surface area contributed by atoms with Gasteiger partial charge in [0.1, 0.15) is 0 Å². The monoisotopic (exact) mass is 508 g/mol. The number of hydrogen-bond acceptors (Lipinski definition) is 2. The minimum absolute atomic E-state index is 0. The van der Waals surface area contributed by atoms with Crippen LogP contribution in [0.15, 0.2) is 0 Å². The van der Waals surface area contributed by atoms with Gasteiger partial charge < -0.3 is 37.2 Å². The molecule has 0 aliphatic heterocycles. The summed E-state index contributed by atoms with van der Waals surface area (Å²) in [6.45, 7) is 0. The Labute approximate surface area is 134 Å². The first-order chi connectivity index (χ1) is 1.41. The van der Waals surface area contributed by atoms with Crippen molar-refractivity contribution in [1.82, 2.24) is 0 Å². The normalized spacial score (nSPS) is 1.14. The van der Waals surface area contributed by atoms with Gasteiger partial charge in [0.25, 0.3) is 0 Å². The van der Waals surface area contributed by atoms with Crippen LogP contribution in [-0.2, 0) is 4.47 Å². The molecule has 0 atom stereocenters. The average molecular weight is 509 g/mol. The van der Waals surface area contributed by atoms with Crippen LogP contribution in [-0.4, -0.2) is 0 Å². The first kappa shape index (κ1) is 31.2. The van der Waals surface area contributed by atoms with Crippen molar-refractivity contribution in [3.63, 3.8) is 0 Å². The molecule has 0 aromatic carbocycles. The molecule has 0 aliphatic rings. The molecular weight excluding hydrogens is 509 g/mol. The second-order valence-electron chi connectivity index (χ2n) is 0.0833. The van der Waals surface area contributed by atoms with Crippen molar-refractivity contribution in [2.24, 2.45) is 0 Å². The van der Waals surface area contributed by atoms with Gasteiger partial charge in [-0.15, -0.1) is 0 Å². The molecule has 0 unspecified atom stereocenters. The zero-order valence-electron chi connectivity index (χ0n) is 3.45. The summed E-state index contributed by atoms with van der Waals surface area (Å²) in [4.78, 5) is 0. The molecule has 0 aromatic heterocycles. The van der Waals surface area contributed by atoms with Crippen molar-refractivity contribution in [2.75, 3.05) is 0 Å². The Bertz CT molecular complexity index is 33.9. The number of halogens is 3. The van der Waals surface area contributed by atoms with Crippen molar-refractivity contribution < 1.29 is 138 Å². The van der Waals surface area contributed by atoms with Crippen LogP contribution in [0.25, 0.3) is 0 Å². The summed E-state index contributed by atoms with van der Waals surface area (Å²) >= 11 is -2.51. The maximum atomic E-state index is 8.58. The van der Waals surface area contributed by atoms with E-state index in [-0.39, 0.29) is 106 Å². The molecule has 0 N–H and O–H groups in total. The van der Waals surface area contributed by atoms with Gasteiger partial charge in [-0.05, 0) is 0 Å². The van der Waals surface area contributed by atoms with Crippen LogP contribution in [0.4, 0.5) is 0 Å². The van der Waals surface area contributed by atoms with Crippen molar-refractivity contribution in [3.05, 3.63) is 0 Å². The van der Waals surface area contributed by atoms with Gasteiger partial charge >= 0.3 is 101 Å². The topological polar surface area (TPSA) is 34.1 Å². The summed E-state index contributed by atoms with van der Waals surface area (Å²) in [5.41, 5.74) is 0. The minimum atomic E-state index is -2.51. The molecule has 0 fully saturated rings. The van der Waals surface area contributed by atoms with E-state index in [9.17, 15) is 0 Å². The number of rotatable bonds is 0. The average Bonchev–Trinajstić information content (AvgIpc) is 0.918. The molecule has 0 bridgehead atoms. The van der Waals surface area contributed by atoms with Crippen LogP contribution in [0, 0.1) is 27.8 Å². The Morgan fingerprint density at radius 3 is 0.857 bits per heavy atom. The molecule has 0 aliphatic carbocycles. The molecule has 0 amide bonds. The Kier molecular flexibility index (Phi) is 150. The quantitative estimate of drug-likeness (QED) is 0.326. The summed E-state index contributed by atoms with van der Waals surface area (Å²) in [6.07, 6.45) is 0. The first-order valence-corrected chi connectivity index (χ1v) is 3.81.